The number of pyridine rings is 1. The van der Waals surface area contributed by atoms with Gasteiger partial charge >= 0.3 is 0 Å². The summed E-state index contributed by atoms with van der Waals surface area (Å²) in [6.45, 7) is 2.20. The summed E-state index contributed by atoms with van der Waals surface area (Å²) in [4.78, 5) is 17.4. The third kappa shape index (κ3) is 3.82. The van der Waals surface area contributed by atoms with Crippen LogP contribution in [0.5, 0.6) is 11.5 Å². The Labute approximate surface area is 178 Å². The second-order valence-electron chi connectivity index (χ2n) is 7.54. The van der Waals surface area contributed by atoms with Crippen molar-refractivity contribution in [2.24, 2.45) is 0 Å². The maximum Gasteiger partial charge on any atom is 0.231 e. The lowest BCUT2D eigenvalue weighted by Crippen LogP contribution is -2.17. The molecule has 1 N–H and O–H groups in total. The molecule has 0 aliphatic carbocycles. The predicted molar refractivity (Wildman–Crippen MR) is 114 cm³/mol. The average molecular weight is 417 g/mol. The Morgan fingerprint density at radius 2 is 1.94 bits per heavy atom. The van der Waals surface area contributed by atoms with E-state index in [1.807, 2.05) is 47.9 Å². The smallest absolute Gasteiger partial charge is 0.231 e. The Morgan fingerprint density at radius 3 is 2.77 bits per heavy atom. The molecule has 0 saturated carbocycles. The standard InChI is InChI=1S/C24H20FN3O3/c1-15-8-9-28-20(13-26-23(28)10-15)19(16-2-7-21-22(11-16)31-14-30-21)12-24(29)27-18-5-3-17(25)4-6-18/h2-11,13,19H,12,14H2,1H3,(H,27,29). The Balaban J connectivity index is 1.50. The number of amides is 1. The molecular weight excluding hydrogens is 397 g/mol. The molecule has 2 aromatic carbocycles. The van der Waals surface area contributed by atoms with Gasteiger partial charge in [0.15, 0.2) is 11.5 Å². The molecule has 2 aromatic heterocycles. The van der Waals surface area contributed by atoms with Gasteiger partial charge < -0.3 is 19.2 Å². The fraction of sp³-hybridized carbons (Fsp3) is 0.167. The first kappa shape index (κ1) is 19.1. The summed E-state index contributed by atoms with van der Waals surface area (Å²) < 4.78 is 26.1. The summed E-state index contributed by atoms with van der Waals surface area (Å²) in [6, 6.07) is 15.4. The van der Waals surface area contributed by atoms with Gasteiger partial charge in [-0.15, -0.1) is 0 Å². The molecule has 6 nitrogen and oxygen atoms in total. The van der Waals surface area contributed by atoms with Crippen molar-refractivity contribution >= 4 is 17.2 Å². The van der Waals surface area contributed by atoms with Crippen LogP contribution in [0.3, 0.4) is 0 Å². The number of carbonyl (C=O) groups is 1. The number of aryl methyl sites for hydroxylation is 1. The van der Waals surface area contributed by atoms with E-state index in [4.69, 9.17) is 9.47 Å². The van der Waals surface area contributed by atoms with Crippen molar-refractivity contribution in [2.75, 3.05) is 12.1 Å². The normalized spacial score (nSPS) is 13.4. The minimum atomic E-state index is -0.350. The van der Waals surface area contributed by atoms with Gasteiger partial charge in [-0.05, 0) is 66.6 Å². The molecule has 0 bridgehead atoms. The minimum absolute atomic E-state index is 0.179. The summed E-state index contributed by atoms with van der Waals surface area (Å²) in [5.41, 5.74) is 4.28. The zero-order chi connectivity index (χ0) is 21.4. The van der Waals surface area contributed by atoms with E-state index in [1.54, 1.807) is 18.3 Å². The van der Waals surface area contributed by atoms with Gasteiger partial charge in [0.2, 0.25) is 12.7 Å². The second-order valence-corrected chi connectivity index (χ2v) is 7.54. The van der Waals surface area contributed by atoms with Gasteiger partial charge in [0.1, 0.15) is 11.5 Å². The van der Waals surface area contributed by atoms with E-state index < -0.39 is 0 Å². The summed E-state index contributed by atoms with van der Waals surface area (Å²) in [5.74, 6) is 0.541. The van der Waals surface area contributed by atoms with Gasteiger partial charge in [0.25, 0.3) is 0 Å². The van der Waals surface area contributed by atoms with Crippen LogP contribution in [-0.2, 0) is 4.79 Å². The molecule has 7 heteroatoms. The molecule has 1 atom stereocenters. The fourth-order valence-electron chi connectivity index (χ4n) is 3.81. The first-order valence-electron chi connectivity index (χ1n) is 9.95. The molecule has 0 radical (unpaired) electrons. The minimum Gasteiger partial charge on any atom is -0.454 e. The topological polar surface area (TPSA) is 64.9 Å². The maximum atomic E-state index is 13.2. The zero-order valence-electron chi connectivity index (χ0n) is 16.8. The molecule has 0 saturated heterocycles. The quantitative estimate of drug-likeness (QED) is 0.513. The molecule has 4 aromatic rings. The van der Waals surface area contributed by atoms with Crippen LogP contribution < -0.4 is 14.8 Å². The van der Waals surface area contributed by atoms with Crippen molar-refractivity contribution in [1.82, 2.24) is 9.38 Å². The number of hydrogen-bond donors (Lipinski definition) is 1. The largest absolute Gasteiger partial charge is 0.454 e. The number of nitrogens with one attached hydrogen (secondary N) is 1. The maximum absolute atomic E-state index is 13.2. The molecule has 31 heavy (non-hydrogen) atoms. The molecule has 1 aliphatic heterocycles. The van der Waals surface area contributed by atoms with E-state index in [0.717, 1.165) is 22.5 Å². The summed E-state index contributed by atoms with van der Waals surface area (Å²) in [7, 11) is 0. The monoisotopic (exact) mass is 417 g/mol. The number of fused-ring (bicyclic) bond motifs is 2. The van der Waals surface area contributed by atoms with E-state index in [-0.39, 0.29) is 30.9 Å². The van der Waals surface area contributed by atoms with Gasteiger partial charge in [-0.3, -0.25) is 4.79 Å². The number of ether oxygens (including phenoxy) is 2. The van der Waals surface area contributed by atoms with Crippen molar-refractivity contribution in [3.05, 3.63) is 89.6 Å². The van der Waals surface area contributed by atoms with E-state index >= 15 is 0 Å². The lowest BCUT2D eigenvalue weighted by atomic mass is 9.92. The molecule has 1 aliphatic rings. The molecule has 3 heterocycles. The molecule has 1 unspecified atom stereocenters. The van der Waals surface area contributed by atoms with E-state index in [0.29, 0.717) is 17.2 Å². The number of carbonyl (C=O) groups excluding carboxylic acids is 1. The third-order valence-corrected chi connectivity index (χ3v) is 5.37. The summed E-state index contributed by atoms with van der Waals surface area (Å²) in [5, 5.41) is 2.85. The second kappa shape index (κ2) is 7.75. The molecule has 1 amide bonds. The van der Waals surface area contributed by atoms with Crippen LogP contribution in [0.15, 0.2) is 67.0 Å². The van der Waals surface area contributed by atoms with Crippen LogP contribution in [-0.4, -0.2) is 22.1 Å². The van der Waals surface area contributed by atoms with Crippen LogP contribution in [0.4, 0.5) is 10.1 Å². The van der Waals surface area contributed by atoms with Crippen molar-refractivity contribution in [2.45, 2.75) is 19.3 Å². The fourth-order valence-corrected chi connectivity index (χ4v) is 3.81. The predicted octanol–water partition coefficient (Wildman–Crippen LogP) is 4.67. The lowest BCUT2D eigenvalue weighted by Gasteiger charge is -2.18. The zero-order valence-corrected chi connectivity index (χ0v) is 16.8. The Morgan fingerprint density at radius 1 is 1.13 bits per heavy atom. The number of halogens is 1. The number of rotatable bonds is 5. The number of nitrogens with zero attached hydrogens (tertiary/aromatic N) is 2. The summed E-state index contributed by atoms with van der Waals surface area (Å²) in [6.07, 6.45) is 3.94. The Bertz CT molecular complexity index is 1270. The van der Waals surface area contributed by atoms with Crippen LogP contribution in [0.1, 0.15) is 29.2 Å². The summed E-state index contributed by atoms with van der Waals surface area (Å²) >= 11 is 0. The first-order valence-corrected chi connectivity index (χ1v) is 9.95. The van der Waals surface area contributed by atoms with Crippen molar-refractivity contribution in [3.63, 3.8) is 0 Å². The van der Waals surface area contributed by atoms with Gasteiger partial charge in [0.05, 0.1) is 5.69 Å². The number of hydrogen-bond acceptors (Lipinski definition) is 4. The molecule has 156 valence electrons. The average Bonchev–Trinajstić information content (AvgIpc) is 3.39. The van der Waals surface area contributed by atoms with E-state index in [9.17, 15) is 9.18 Å². The number of imidazole rings is 1. The van der Waals surface area contributed by atoms with E-state index in [2.05, 4.69) is 10.3 Å². The SMILES string of the molecule is Cc1ccn2c(C(CC(=O)Nc3ccc(F)cc3)c3ccc4c(c3)OCO4)cnc2c1. The highest BCUT2D eigenvalue weighted by Crippen LogP contribution is 2.38. The molecule has 0 fully saturated rings. The highest BCUT2D eigenvalue weighted by atomic mass is 19.1. The van der Waals surface area contributed by atoms with Gasteiger partial charge in [-0.1, -0.05) is 6.07 Å². The third-order valence-electron chi connectivity index (χ3n) is 5.37. The Kier molecular flexibility index (Phi) is 4.78. The number of anilines is 1. The van der Waals surface area contributed by atoms with Crippen LogP contribution >= 0.6 is 0 Å². The first-order chi connectivity index (χ1) is 15.1. The molecule has 5 rings (SSSR count). The van der Waals surface area contributed by atoms with Crippen LogP contribution in [0.25, 0.3) is 5.65 Å². The van der Waals surface area contributed by atoms with Crippen LogP contribution in [0.2, 0.25) is 0 Å². The number of aromatic nitrogens is 2. The Hall–Kier alpha value is -3.87. The van der Waals surface area contributed by atoms with Gasteiger partial charge in [-0.2, -0.15) is 0 Å². The van der Waals surface area contributed by atoms with Crippen molar-refractivity contribution in [3.8, 4) is 11.5 Å². The van der Waals surface area contributed by atoms with Crippen LogP contribution in [0, 0.1) is 12.7 Å². The van der Waals surface area contributed by atoms with Gasteiger partial charge in [0, 0.05) is 30.4 Å². The van der Waals surface area contributed by atoms with E-state index in [1.165, 1.54) is 12.1 Å². The van der Waals surface area contributed by atoms with Crippen molar-refractivity contribution in [1.29, 1.82) is 0 Å². The highest BCUT2D eigenvalue weighted by molar-refractivity contribution is 5.91. The van der Waals surface area contributed by atoms with Crippen molar-refractivity contribution < 1.29 is 18.7 Å². The lowest BCUT2D eigenvalue weighted by molar-refractivity contribution is -0.116. The number of benzene rings is 2. The van der Waals surface area contributed by atoms with Gasteiger partial charge in [-0.25, -0.2) is 9.37 Å². The molecule has 0 spiro atoms. The highest BCUT2D eigenvalue weighted by Gasteiger charge is 2.24. The molecular formula is C24H20FN3O3.